The van der Waals surface area contributed by atoms with Crippen molar-refractivity contribution in [1.29, 1.82) is 0 Å². The van der Waals surface area contributed by atoms with Crippen LogP contribution < -0.4 is 10.9 Å². The monoisotopic (exact) mass is 359 g/mol. The molecular formula is C15H26BrN3O2. The molecule has 0 spiro atoms. The highest BCUT2D eigenvalue weighted by Crippen LogP contribution is 2.27. The normalized spacial score (nSPS) is 13.2. The Morgan fingerprint density at radius 3 is 2.67 bits per heavy atom. The maximum atomic E-state index is 12.2. The summed E-state index contributed by atoms with van der Waals surface area (Å²) in [5, 5.41) is 16.8. The van der Waals surface area contributed by atoms with Gasteiger partial charge in [0.15, 0.2) is 0 Å². The van der Waals surface area contributed by atoms with E-state index in [0.29, 0.717) is 23.1 Å². The van der Waals surface area contributed by atoms with Gasteiger partial charge in [-0.05, 0) is 34.2 Å². The molecule has 5 nitrogen and oxygen atoms in total. The summed E-state index contributed by atoms with van der Waals surface area (Å²) in [6.07, 6.45) is 4.25. The van der Waals surface area contributed by atoms with Crippen LogP contribution in [0.15, 0.2) is 15.5 Å². The molecule has 0 bridgehead atoms. The molecule has 120 valence electrons. The predicted molar refractivity (Wildman–Crippen MR) is 89.7 cm³/mol. The topological polar surface area (TPSA) is 67.2 Å². The van der Waals surface area contributed by atoms with Crippen molar-refractivity contribution in [1.82, 2.24) is 9.78 Å². The van der Waals surface area contributed by atoms with Gasteiger partial charge in [0, 0.05) is 19.2 Å². The molecule has 0 radical (unpaired) electrons. The summed E-state index contributed by atoms with van der Waals surface area (Å²) in [5.41, 5.74) is 0.533. The molecular weight excluding hydrogens is 334 g/mol. The lowest BCUT2D eigenvalue weighted by Gasteiger charge is -2.32. The standard InChI is InChI=1S/C15H26BrN3O2/c1-5-6-8-19-14(21)13(16)11(10-17-19)18-12(7-9-20)15(2,3)4/h10,12,18,20H,5-9H2,1-4H3. The van der Waals surface area contributed by atoms with Crippen molar-refractivity contribution >= 4 is 21.6 Å². The molecule has 0 aliphatic rings. The Hall–Kier alpha value is -0.880. The van der Waals surface area contributed by atoms with Gasteiger partial charge in [0.25, 0.3) is 5.56 Å². The summed E-state index contributed by atoms with van der Waals surface area (Å²) in [4.78, 5) is 12.2. The van der Waals surface area contributed by atoms with Gasteiger partial charge in [-0.15, -0.1) is 0 Å². The molecule has 2 N–H and O–H groups in total. The number of rotatable bonds is 7. The zero-order valence-electron chi connectivity index (χ0n) is 13.3. The van der Waals surface area contributed by atoms with Crippen LogP contribution in [0, 0.1) is 5.41 Å². The second-order valence-corrected chi connectivity index (χ2v) is 7.12. The van der Waals surface area contributed by atoms with Crippen molar-refractivity contribution in [3.63, 3.8) is 0 Å². The fourth-order valence-electron chi connectivity index (χ4n) is 2.07. The number of aliphatic hydroxyl groups excluding tert-OH is 1. The quantitative estimate of drug-likeness (QED) is 0.785. The van der Waals surface area contributed by atoms with E-state index in [4.69, 9.17) is 0 Å². The van der Waals surface area contributed by atoms with Crippen LogP contribution >= 0.6 is 15.9 Å². The highest BCUT2D eigenvalue weighted by atomic mass is 79.9. The average Bonchev–Trinajstić information content (AvgIpc) is 2.41. The molecule has 1 rings (SSSR count). The second-order valence-electron chi connectivity index (χ2n) is 6.33. The summed E-state index contributed by atoms with van der Waals surface area (Å²) < 4.78 is 1.98. The lowest BCUT2D eigenvalue weighted by Crippen LogP contribution is -2.36. The van der Waals surface area contributed by atoms with Gasteiger partial charge in [-0.3, -0.25) is 4.79 Å². The summed E-state index contributed by atoms with van der Waals surface area (Å²) in [7, 11) is 0. The largest absolute Gasteiger partial charge is 0.396 e. The van der Waals surface area contributed by atoms with Crippen LogP contribution in [-0.2, 0) is 6.54 Å². The highest BCUT2D eigenvalue weighted by Gasteiger charge is 2.25. The van der Waals surface area contributed by atoms with E-state index in [1.54, 1.807) is 6.20 Å². The van der Waals surface area contributed by atoms with E-state index in [2.05, 4.69) is 54.0 Å². The Kier molecular flexibility index (Phi) is 6.87. The minimum absolute atomic E-state index is 0.0285. The Bertz CT molecular complexity index is 509. The first-order valence-electron chi connectivity index (χ1n) is 7.44. The van der Waals surface area contributed by atoms with E-state index < -0.39 is 0 Å². The molecule has 1 atom stereocenters. The first-order chi connectivity index (χ1) is 9.81. The van der Waals surface area contributed by atoms with Crippen molar-refractivity contribution < 1.29 is 5.11 Å². The van der Waals surface area contributed by atoms with Gasteiger partial charge in [-0.1, -0.05) is 34.1 Å². The molecule has 6 heteroatoms. The van der Waals surface area contributed by atoms with E-state index in [0.717, 1.165) is 12.8 Å². The predicted octanol–water partition coefficient (Wildman–Crippen LogP) is 3.01. The molecule has 0 fully saturated rings. The Labute approximate surface area is 134 Å². The number of aromatic nitrogens is 2. The maximum absolute atomic E-state index is 12.2. The molecule has 1 aromatic rings. The zero-order chi connectivity index (χ0) is 16.0. The first kappa shape index (κ1) is 18.2. The number of halogens is 1. The number of nitrogens with zero attached hydrogens (tertiary/aromatic N) is 2. The maximum Gasteiger partial charge on any atom is 0.283 e. The fourth-order valence-corrected chi connectivity index (χ4v) is 2.49. The van der Waals surface area contributed by atoms with Crippen molar-refractivity contribution in [2.24, 2.45) is 5.41 Å². The highest BCUT2D eigenvalue weighted by molar-refractivity contribution is 9.10. The third-order valence-electron chi connectivity index (χ3n) is 3.50. The lowest BCUT2D eigenvalue weighted by atomic mass is 9.85. The molecule has 0 aliphatic carbocycles. The lowest BCUT2D eigenvalue weighted by molar-refractivity contribution is 0.235. The van der Waals surface area contributed by atoms with Crippen LogP contribution in [0.2, 0.25) is 0 Å². The van der Waals surface area contributed by atoms with Crippen molar-refractivity contribution in [3.8, 4) is 0 Å². The average molecular weight is 360 g/mol. The third-order valence-corrected chi connectivity index (χ3v) is 4.27. The molecule has 0 saturated carbocycles. The molecule has 1 heterocycles. The molecule has 0 aliphatic heterocycles. The van der Waals surface area contributed by atoms with Crippen molar-refractivity contribution in [2.75, 3.05) is 11.9 Å². The van der Waals surface area contributed by atoms with Crippen molar-refractivity contribution in [3.05, 3.63) is 21.0 Å². The van der Waals surface area contributed by atoms with Gasteiger partial charge in [0.1, 0.15) is 4.47 Å². The minimum atomic E-state index is -0.120. The number of hydrogen-bond acceptors (Lipinski definition) is 4. The minimum Gasteiger partial charge on any atom is -0.396 e. The van der Waals surface area contributed by atoms with Crippen LogP contribution in [0.5, 0.6) is 0 Å². The van der Waals surface area contributed by atoms with E-state index in [-0.39, 0.29) is 23.6 Å². The summed E-state index contributed by atoms with van der Waals surface area (Å²) >= 11 is 3.37. The van der Waals surface area contributed by atoms with Crippen molar-refractivity contribution in [2.45, 2.75) is 59.5 Å². The van der Waals surface area contributed by atoms with Crippen LogP contribution in [0.3, 0.4) is 0 Å². The molecule has 1 unspecified atom stereocenters. The van der Waals surface area contributed by atoms with Crippen LogP contribution in [-0.4, -0.2) is 27.5 Å². The number of aryl methyl sites for hydroxylation is 1. The number of anilines is 1. The van der Waals surface area contributed by atoms with Crippen LogP contribution in [0.4, 0.5) is 5.69 Å². The molecule has 0 aromatic carbocycles. The SMILES string of the molecule is CCCCn1ncc(NC(CCO)C(C)(C)C)c(Br)c1=O. The molecule has 0 amide bonds. The smallest absolute Gasteiger partial charge is 0.283 e. The van der Waals surface area contributed by atoms with E-state index >= 15 is 0 Å². The Balaban J connectivity index is 2.98. The summed E-state index contributed by atoms with van der Waals surface area (Å²) in [5.74, 6) is 0. The molecule has 21 heavy (non-hydrogen) atoms. The second kappa shape index (κ2) is 7.94. The molecule has 1 aromatic heterocycles. The summed E-state index contributed by atoms with van der Waals surface area (Å²) in [6, 6.07) is 0.0616. The van der Waals surface area contributed by atoms with Gasteiger partial charge < -0.3 is 10.4 Å². The molecule has 0 saturated heterocycles. The van der Waals surface area contributed by atoms with E-state index in [9.17, 15) is 9.90 Å². The van der Waals surface area contributed by atoms with Gasteiger partial charge >= 0.3 is 0 Å². The van der Waals surface area contributed by atoms with Crippen LogP contribution in [0.25, 0.3) is 0 Å². The number of hydrogen-bond donors (Lipinski definition) is 2. The van der Waals surface area contributed by atoms with E-state index in [1.807, 2.05) is 0 Å². The fraction of sp³-hybridized carbons (Fsp3) is 0.733. The van der Waals surface area contributed by atoms with Gasteiger partial charge in [-0.2, -0.15) is 5.10 Å². The van der Waals surface area contributed by atoms with Gasteiger partial charge in [-0.25, -0.2) is 4.68 Å². The Morgan fingerprint density at radius 2 is 2.14 bits per heavy atom. The zero-order valence-corrected chi connectivity index (χ0v) is 14.9. The first-order valence-corrected chi connectivity index (χ1v) is 8.23. The van der Waals surface area contributed by atoms with Crippen LogP contribution in [0.1, 0.15) is 47.0 Å². The van der Waals surface area contributed by atoms with Gasteiger partial charge in [0.2, 0.25) is 0 Å². The van der Waals surface area contributed by atoms with Gasteiger partial charge in [0.05, 0.1) is 11.9 Å². The number of unbranched alkanes of at least 4 members (excludes halogenated alkanes) is 1. The number of aliphatic hydroxyl groups is 1. The third kappa shape index (κ3) is 5.11. The van der Waals surface area contributed by atoms with E-state index in [1.165, 1.54) is 4.68 Å². The Morgan fingerprint density at radius 1 is 1.48 bits per heavy atom. The number of nitrogens with one attached hydrogen (secondary N) is 1. The summed E-state index contributed by atoms with van der Waals surface area (Å²) in [6.45, 7) is 9.12.